The van der Waals surface area contributed by atoms with Crippen molar-refractivity contribution in [3.63, 3.8) is 0 Å². The van der Waals surface area contributed by atoms with Crippen molar-refractivity contribution in [3.05, 3.63) is 100 Å². The number of halogens is 1. The fraction of sp³-hybridized carbons (Fsp3) is 0.185. The minimum absolute atomic E-state index is 0.0624. The molecule has 4 rings (SSSR count). The summed E-state index contributed by atoms with van der Waals surface area (Å²) in [7, 11) is 0. The maximum atomic E-state index is 13.6. The van der Waals surface area contributed by atoms with Crippen LogP contribution in [0.25, 0.3) is 6.08 Å². The van der Waals surface area contributed by atoms with Gasteiger partial charge in [0, 0.05) is 23.5 Å². The van der Waals surface area contributed by atoms with Crippen molar-refractivity contribution in [2.45, 2.75) is 25.3 Å². The van der Waals surface area contributed by atoms with Gasteiger partial charge in [-0.15, -0.1) is 0 Å². The van der Waals surface area contributed by atoms with E-state index in [4.69, 9.17) is 0 Å². The maximum absolute atomic E-state index is 13.6. The Hall–Kier alpha value is -3.38. The average Bonchev–Trinajstić information content (AvgIpc) is 2.84. The fourth-order valence-corrected chi connectivity index (χ4v) is 4.81. The second kappa shape index (κ2) is 10.0. The molecule has 1 heterocycles. The Balaban J connectivity index is 1.76. The molecule has 0 unspecified atom stereocenters. The molecule has 0 bridgehead atoms. The van der Waals surface area contributed by atoms with Crippen LogP contribution in [0.15, 0.2) is 82.6 Å². The zero-order valence-corrected chi connectivity index (χ0v) is 19.4. The summed E-state index contributed by atoms with van der Waals surface area (Å²) >= 11 is 1.40. The second-order valence-corrected chi connectivity index (χ2v) is 8.78. The minimum Gasteiger partial charge on any atom is -0.339 e. The van der Waals surface area contributed by atoms with Gasteiger partial charge in [-0.1, -0.05) is 54.2 Å². The number of benzene rings is 3. The Morgan fingerprint density at radius 3 is 2.36 bits per heavy atom. The number of rotatable bonds is 6. The van der Waals surface area contributed by atoms with Crippen molar-refractivity contribution in [2.24, 2.45) is 0 Å². The van der Waals surface area contributed by atoms with Crippen molar-refractivity contribution < 1.29 is 14.0 Å². The van der Waals surface area contributed by atoms with Gasteiger partial charge >= 0.3 is 0 Å². The van der Waals surface area contributed by atoms with Crippen LogP contribution in [0.2, 0.25) is 0 Å². The van der Waals surface area contributed by atoms with Gasteiger partial charge in [-0.3, -0.25) is 9.59 Å². The maximum Gasteiger partial charge on any atom is 0.265 e. The van der Waals surface area contributed by atoms with Gasteiger partial charge in [0.1, 0.15) is 5.82 Å². The number of carbonyl (C=O) groups excluding carboxylic acids is 2. The lowest BCUT2D eigenvalue weighted by molar-refractivity contribution is -0.114. The predicted octanol–water partition coefficient (Wildman–Crippen LogP) is 5.99. The third-order valence-electron chi connectivity index (χ3n) is 5.57. The highest BCUT2D eigenvalue weighted by molar-refractivity contribution is 8.04. The molecule has 0 N–H and O–H groups in total. The Kier molecular flexibility index (Phi) is 6.94. The zero-order valence-electron chi connectivity index (χ0n) is 18.6. The van der Waals surface area contributed by atoms with Gasteiger partial charge < -0.3 is 9.80 Å². The molecule has 6 heteroatoms. The molecular formula is C27H25FN2O2S. The molecule has 0 spiro atoms. The van der Waals surface area contributed by atoms with Gasteiger partial charge in [0.05, 0.1) is 17.1 Å². The van der Waals surface area contributed by atoms with Crippen LogP contribution in [0, 0.1) is 5.82 Å². The first-order chi connectivity index (χ1) is 16.0. The molecule has 0 fully saturated rings. The summed E-state index contributed by atoms with van der Waals surface area (Å²) in [6.07, 6.45) is 1.88. The van der Waals surface area contributed by atoms with Crippen LogP contribution < -0.4 is 4.90 Å². The SMILES string of the molecule is CCN(CC)C(=O)c1ccc2c(c1)N(Cc1ccc(F)cc1)C(=O)C(=Cc1ccccc1)S2. The fourth-order valence-electron chi connectivity index (χ4n) is 3.77. The molecule has 3 aromatic carbocycles. The molecular weight excluding hydrogens is 435 g/mol. The molecule has 1 aliphatic heterocycles. The van der Waals surface area contributed by atoms with E-state index in [1.807, 2.05) is 62.4 Å². The molecule has 0 radical (unpaired) electrons. The van der Waals surface area contributed by atoms with Crippen molar-refractivity contribution in [2.75, 3.05) is 18.0 Å². The van der Waals surface area contributed by atoms with Crippen LogP contribution in [0.3, 0.4) is 0 Å². The highest BCUT2D eigenvalue weighted by atomic mass is 32.2. The zero-order chi connectivity index (χ0) is 23.4. The molecule has 33 heavy (non-hydrogen) atoms. The molecule has 4 nitrogen and oxygen atoms in total. The first-order valence-corrected chi connectivity index (χ1v) is 11.8. The van der Waals surface area contributed by atoms with E-state index < -0.39 is 0 Å². The molecule has 168 valence electrons. The molecule has 0 saturated carbocycles. The average molecular weight is 461 g/mol. The standard InChI is InChI=1S/C27H25FN2O2S/c1-3-29(4-2)26(31)21-12-15-24-23(17-21)30(18-20-10-13-22(28)14-11-20)27(32)25(33-24)16-19-8-6-5-7-9-19/h5-17H,3-4,18H2,1-2H3. The number of thioether (sulfide) groups is 1. The topological polar surface area (TPSA) is 40.6 Å². The van der Waals surface area contributed by atoms with E-state index in [0.717, 1.165) is 16.0 Å². The lowest BCUT2D eigenvalue weighted by atomic mass is 10.1. The lowest BCUT2D eigenvalue weighted by Gasteiger charge is -2.31. The van der Waals surface area contributed by atoms with Crippen molar-refractivity contribution in [1.82, 2.24) is 4.90 Å². The lowest BCUT2D eigenvalue weighted by Crippen LogP contribution is -2.35. The number of fused-ring (bicyclic) bond motifs is 1. The molecule has 0 saturated heterocycles. The number of nitrogens with zero attached hydrogens (tertiary/aromatic N) is 2. The summed E-state index contributed by atoms with van der Waals surface area (Å²) < 4.78 is 13.4. The predicted molar refractivity (Wildman–Crippen MR) is 132 cm³/mol. The third kappa shape index (κ3) is 5.01. The number of hydrogen-bond acceptors (Lipinski definition) is 3. The smallest absolute Gasteiger partial charge is 0.265 e. The number of hydrogen-bond donors (Lipinski definition) is 0. The Bertz CT molecular complexity index is 1190. The van der Waals surface area contributed by atoms with Gasteiger partial charge in [0.15, 0.2) is 0 Å². The van der Waals surface area contributed by atoms with Gasteiger partial charge in [-0.25, -0.2) is 4.39 Å². The van der Waals surface area contributed by atoms with Crippen LogP contribution in [0.4, 0.5) is 10.1 Å². The highest BCUT2D eigenvalue weighted by Gasteiger charge is 2.30. The largest absolute Gasteiger partial charge is 0.339 e. The van der Waals surface area contributed by atoms with Crippen LogP contribution in [-0.2, 0) is 11.3 Å². The van der Waals surface area contributed by atoms with E-state index in [9.17, 15) is 14.0 Å². The summed E-state index contributed by atoms with van der Waals surface area (Å²) in [6.45, 7) is 5.40. The van der Waals surface area contributed by atoms with Crippen molar-refractivity contribution >= 4 is 35.3 Å². The Morgan fingerprint density at radius 1 is 1.00 bits per heavy atom. The first kappa shape index (κ1) is 22.8. The third-order valence-corrected chi connectivity index (χ3v) is 6.65. The van der Waals surface area contributed by atoms with Crippen LogP contribution >= 0.6 is 11.8 Å². The number of carbonyl (C=O) groups is 2. The Labute approximate surface area is 197 Å². The first-order valence-electron chi connectivity index (χ1n) is 10.9. The minimum atomic E-state index is -0.323. The quantitative estimate of drug-likeness (QED) is 0.425. The van der Waals surface area contributed by atoms with Crippen molar-refractivity contribution in [3.8, 4) is 0 Å². The van der Waals surface area contributed by atoms with Crippen LogP contribution in [-0.4, -0.2) is 29.8 Å². The van der Waals surface area contributed by atoms with E-state index in [1.54, 1.807) is 28.0 Å². The summed E-state index contributed by atoms with van der Waals surface area (Å²) in [6, 6.07) is 21.3. The number of anilines is 1. The molecule has 1 aliphatic rings. The molecule has 0 atom stereocenters. The van der Waals surface area contributed by atoms with Gasteiger partial charge in [-0.05, 0) is 61.4 Å². The van der Waals surface area contributed by atoms with Gasteiger partial charge in [-0.2, -0.15) is 0 Å². The summed E-state index contributed by atoms with van der Waals surface area (Å²) in [5.74, 6) is -0.530. The van der Waals surface area contributed by atoms with Gasteiger partial charge in [0.25, 0.3) is 11.8 Å². The normalized spacial score (nSPS) is 14.3. The van der Waals surface area contributed by atoms with Crippen LogP contribution in [0.5, 0.6) is 0 Å². The summed E-state index contributed by atoms with van der Waals surface area (Å²) in [5.41, 5.74) is 2.98. The molecule has 2 amide bonds. The highest BCUT2D eigenvalue weighted by Crippen LogP contribution is 2.43. The van der Waals surface area contributed by atoms with E-state index in [1.165, 1.54) is 23.9 Å². The Morgan fingerprint density at radius 2 is 1.70 bits per heavy atom. The van der Waals surface area contributed by atoms with E-state index in [-0.39, 0.29) is 24.2 Å². The van der Waals surface area contributed by atoms with E-state index in [2.05, 4.69) is 0 Å². The summed E-state index contributed by atoms with van der Waals surface area (Å²) in [4.78, 5) is 31.4. The number of amides is 2. The van der Waals surface area contributed by atoms with Gasteiger partial charge in [0.2, 0.25) is 0 Å². The molecule has 0 aliphatic carbocycles. The monoisotopic (exact) mass is 460 g/mol. The molecule has 0 aromatic heterocycles. The van der Waals surface area contributed by atoms with Crippen LogP contribution in [0.1, 0.15) is 35.3 Å². The van der Waals surface area contributed by atoms with Crippen molar-refractivity contribution in [1.29, 1.82) is 0 Å². The van der Waals surface area contributed by atoms with E-state index in [0.29, 0.717) is 29.2 Å². The molecule has 3 aromatic rings. The second-order valence-electron chi connectivity index (χ2n) is 7.70. The van der Waals surface area contributed by atoms with E-state index >= 15 is 0 Å². The summed E-state index contributed by atoms with van der Waals surface area (Å²) in [5, 5.41) is 0.